The number of phenolic OH excluding ortho intramolecular Hbond substituents is 2. The van der Waals surface area contributed by atoms with Gasteiger partial charge in [-0.25, -0.2) is 0 Å². The van der Waals surface area contributed by atoms with Crippen LogP contribution in [0.2, 0.25) is 0 Å². The first-order chi connectivity index (χ1) is 22.5. The van der Waals surface area contributed by atoms with E-state index in [0.717, 1.165) is 67.1 Å². The van der Waals surface area contributed by atoms with Crippen LogP contribution in [-0.2, 0) is 23.7 Å². The lowest BCUT2D eigenvalue weighted by Crippen LogP contribution is -2.13. The molecule has 0 radical (unpaired) electrons. The molecule has 0 spiro atoms. The number of aromatic hydroxyl groups is 2. The Kier molecular flexibility index (Phi) is 11.3. The van der Waals surface area contributed by atoms with E-state index in [1.165, 1.54) is 0 Å². The Balaban J connectivity index is 1.89. The summed E-state index contributed by atoms with van der Waals surface area (Å²) in [6, 6.07) is 20.9. The van der Waals surface area contributed by atoms with Gasteiger partial charge in [-0.1, -0.05) is 118 Å². The van der Waals surface area contributed by atoms with E-state index in [9.17, 15) is 10.2 Å². The smallest absolute Gasteiger partial charge is 0.130 e. The van der Waals surface area contributed by atoms with Gasteiger partial charge in [0.2, 0.25) is 0 Å². The highest BCUT2D eigenvalue weighted by Crippen LogP contribution is 2.46. The first-order valence-electron chi connectivity index (χ1n) is 17.7. The Hall–Kier alpha value is -3.92. The van der Waals surface area contributed by atoms with Crippen molar-refractivity contribution in [3.05, 3.63) is 94.0 Å². The molecule has 0 atom stereocenters. The SMILES string of the molecule is CCOc1c(-c2cc(C(C)(C)C)cc(CCc3cc(C(C)(C)C)cc(-c4cccc(C(C)C)c4OCC)c3O)c2O)cccc1C(C)C. The highest BCUT2D eigenvalue weighted by atomic mass is 16.5. The lowest BCUT2D eigenvalue weighted by atomic mass is 9.81. The van der Waals surface area contributed by atoms with Crippen molar-refractivity contribution in [2.75, 3.05) is 13.2 Å². The fourth-order valence-electron chi connectivity index (χ4n) is 6.37. The van der Waals surface area contributed by atoms with Crippen molar-refractivity contribution in [2.24, 2.45) is 0 Å². The molecule has 0 saturated heterocycles. The number of hydrogen-bond acceptors (Lipinski definition) is 4. The molecule has 0 bridgehead atoms. The van der Waals surface area contributed by atoms with Crippen LogP contribution in [0.5, 0.6) is 23.0 Å². The van der Waals surface area contributed by atoms with Crippen LogP contribution in [0.3, 0.4) is 0 Å². The average Bonchev–Trinajstić information content (AvgIpc) is 3.00. The maximum atomic E-state index is 12.0. The Morgan fingerprint density at radius 1 is 0.542 bits per heavy atom. The van der Waals surface area contributed by atoms with Gasteiger partial charge in [0.15, 0.2) is 0 Å². The molecule has 0 aliphatic rings. The molecule has 0 aliphatic carbocycles. The van der Waals surface area contributed by atoms with Gasteiger partial charge in [-0.15, -0.1) is 0 Å². The Bertz CT molecular complexity index is 1600. The largest absolute Gasteiger partial charge is 0.507 e. The van der Waals surface area contributed by atoms with Crippen LogP contribution in [0.15, 0.2) is 60.7 Å². The van der Waals surface area contributed by atoms with E-state index >= 15 is 0 Å². The molecule has 4 rings (SSSR count). The minimum absolute atomic E-state index is 0.142. The van der Waals surface area contributed by atoms with Crippen LogP contribution in [0.25, 0.3) is 22.3 Å². The lowest BCUT2D eigenvalue weighted by Gasteiger charge is -2.25. The van der Waals surface area contributed by atoms with Crippen LogP contribution >= 0.6 is 0 Å². The third kappa shape index (κ3) is 7.86. The Morgan fingerprint density at radius 3 is 1.19 bits per heavy atom. The van der Waals surface area contributed by atoms with E-state index in [2.05, 4.69) is 118 Å². The van der Waals surface area contributed by atoms with E-state index in [0.29, 0.717) is 26.1 Å². The van der Waals surface area contributed by atoms with Crippen molar-refractivity contribution in [1.29, 1.82) is 0 Å². The van der Waals surface area contributed by atoms with Gasteiger partial charge >= 0.3 is 0 Å². The molecular weight excluding hydrogens is 592 g/mol. The van der Waals surface area contributed by atoms with Crippen molar-refractivity contribution in [1.82, 2.24) is 0 Å². The Labute approximate surface area is 290 Å². The van der Waals surface area contributed by atoms with E-state index in [1.807, 2.05) is 26.0 Å². The highest BCUT2D eigenvalue weighted by molar-refractivity contribution is 5.81. The number of benzene rings is 4. The minimum atomic E-state index is -0.142. The van der Waals surface area contributed by atoms with Gasteiger partial charge in [-0.3, -0.25) is 0 Å². The minimum Gasteiger partial charge on any atom is -0.507 e. The molecule has 2 N–H and O–H groups in total. The van der Waals surface area contributed by atoms with Gasteiger partial charge in [0.25, 0.3) is 0 Å². The first-order valence-corrected chi connectivity index (χ1v) is 17.7. The maximum absolute atomic E-state index is 12.0. The van der Waals surface area contributed by atoms with Gasteiger partial charge in [-0.05, 0) is 94.9 Å². The van der Waals surface area contributed by atoms with Gasteiger partial charge in [-0.2, -0.15) is 0 Å². The standard InChI is InChI=1S/C44H58O4/c1-13-47-41-33(27(3)4)17-15-19-35(41)37-25-31(43(7,8)9)23-29(39(37)45)21-22-30-24-32(44(10,11)12)26-38(40(30)46)36-20-16-18-34(28(5)6)42(36)48-14-2/h15-20,23-28,45-46H,13-14,21-22H2,1-12H3. The monoisotopic (exact) mass is 650 g/mol. The fourth-order valence-corrected chi connectivity index (χ4v) is 6.37. The topological polar surface area (TPSA) is 58.9 Å². The number of rotatable bonds is 11. The fraction of sp³-hybridized carbons (Fsp3) is 0.455. The molecule has 0 fully saturated rings. The second-order valence-corrected chi connectivity index (χ2v) is 15.7. The van der Waals surface area contributed by atoms with Gasteiger partial charge in [0, 0.05) is 22.3 Å². The zero-order valence-electron chi connectivity index (χ0n) is 31.5. The normalized spacial score (nSPS) is 12.2. The second-order valence-electron chi connectivity index (χ2n) is 15.7. The van der Waals surface area contributed by atoms with Crippen LogP contribution in [0.1, 0.15) is 128 Å². The average molecular weight is 651 g/mol. The zero-order chi connectivity index (χ0) is 35.6. The Morgan fingerprint density at radius 2 is 0.896 bits per heavy atom. The van der Waals surface area contributed by atoms with E-state index < -0.39 is 0 Å². The van der Waals surface area contributed by atoms with E-state index in [1.54, 1.807) is 0 Å². The molecule has 0 aromatic heterocycles. The molecule has 0 amide bonds. The number of para-hydroxylation sites is 2. The number of aryl methyl sites for hydroxylation is 2. The lowest BCUT2D eigenvalue weighted by molar-refractivity contribution is 0.336. The number of hydrogen-bond donors (Lipinski definition) is 2. The molecule has 0 heterocycles. The molecule has 4 heteroatoms. The summed E-state index contributed by atoms with van der Waals surface area (Å²) in [5.41, 5.74) is 9.33. The van der Waals surface area contributed by atoms with Gasteiger partial charge in [0.05, 0.1) is 13.2 Å². The van der Waals surface area contributed by atoms with Crippen molar-refractivity contribution in [3.8, 4) is 45.3 Å². The summed E-state index contributed by atoms with van der Waals surface area (Å²) in [5, 5.41) is 23.9. The number of ether oxygens (including phenoxy) is 2. The predicted octanol–water partition coefficient (Wildman–Crippen LogP) is 11.9. The van der Waals surface area contributed by atoms with Crippen molar-refractivity contribution in [2.45, 2.75) is 119 Å². The molecule has 0 aliphatic heterocycles. The molecule has 0 saturated carbocycles. The summed E-state index contributed by atoms with van der Waals surface area (Å²) < 4.78 is 12.5. The second kappa shape index (κ2) is 14.7. The predicted molar refractivity (Wildman–Crippen MR) is 202 cm³/mol. The molecule has 0 unspecified atom stereocenters. The summed E-state index contributed by atoms with van der Waals surface area (Å²) in [5.74, 6) is 2.73. The summed E-state index contributed by atoms with van der Waals surface area (Å²) in [4.78, 5) is 0. The molecule has 4 aromatic carbocycles. The zero-order valence-corrected chi connectivity index (χ0v) is 31.5. The molecule has 48 heavy (non-hydrogen) atoms. The van der Waals surface area contributed by atoms with Crippen LogP contribution in [0.4, 0.5) is 0 Å². The third-order valence-corrected chi connectivity index (χ3v) is 9.27. The first kappa shape index (κ1) is 36.9. The van der Waals surface area contributed by atoms with Crippen molar-refractivity contribution < 1.29 is 19.7 Å². The summed E-state index contributed by atoms with van der Waals surface area (Å²) in [7, 11) is 0. The van der Waals surface area contributed by atoms with E-state index in [4.69, 9.17) is 9.47 Å². The third-order valence-electron chi connectivity index (χ3n) is 9.27. The van der Waals surface area contributed by atoms with Crippen molar-refractivity contribution in [3.63, 3.8) is 0 Å². The van der Waals surface area contributed by atoms with Gasteiger partial charge in [0.1, 0.15) is 23.0 Å². The quantitative estimate of drug-likeness (QED) is 0.170. The molecule has 4 nitrogen and oxygen atoms in total. The summed E-state index contributed by atoms with van der Waals surface area (Å²) in [6.07, 6.45) is 1.11. The number of phenols is 2. The maximum Gasteiger partial charge on any atom is 0.130 e. The van der Waals surface area contributed by atoms with Crippen LogP contribution < -0.4 is 9.47 Å². The van der Waals surface area contributed by atoms with E-state index in [-0.39, 0.29) is 34.2 Å². The highest BCUT2D eigenvalue weighted by Gasteiger charge is 2.25. The van der Waals surface area contributed by atoms with Crippen LogP contribution in [0, 0.1) is 0 Å². The summed E-state index contributed by atoms with van der Waals surface area (Å²) >= 11 is 0. The van der Waals surface area contributed by atoms with Crippen LogP contribution in [-0.4, -0.2) is 23.4 Å². The van der Waals surface area contributed by atoms with Gasteiger partial charge < -0.3 is 19.7 Å². The summed E-state index contributed by atoms with van der Waals surface area (Å²) in [6.45, 7) is 27.0. The molecule has 258 valence electrons. The van der Waals surface area contributed by atoms with Crippen molar-refractivity contribution >= 4 is 0 Å². The molecule has 4 aromatic rings. The molecular formula is C44H58O4.